The summed E-state index contributed by atoms with van der Waals surface area (Å²) < 4.78 is 5.41. The SMILES string of the molecule is COC1CCN(c2ccc(C)cc2CBr)C1. The summed E-state index contributed by atoms with van der Waals surface area (Å²) in [7, 11) is 1.80. The molecule has 1 unspecified atom stereocenters. The zero-order chi connectivity index (χ0) is 11.5. The third kappa shape index (κ3) is 2.41. The largest absolute Gasteiger partial charge is 0.380 e. The van der Waals surface area contributed by atoms with Gasteiger partial charge in [-0.1, -0.05) is 33.6 Å². The fourth-order valence-electron chi connectivity index (χ4n) is 2.27. The van der Waals surface area contributed by atoms with Crippen LogP contribution in [-0.2, 0) is 10.1 Å². The summed E-state index contributed by atoms with van der Waals surface area (Å²) in [5.74, 6) is 0. The van der Waals surface area contributed by atoms with Gasteiger partial charge in [-0.05, 0) is 25.0 Å². The number of rotatable bonds is 3. The van der Waals surface area contributed by atoms with Crippen molar-refractivity contribution < 1.29 is 4.74 Å². The van der Waals surface area contributed by atoms with Crippen LogP contribution in [0.25, 0.3) is 0 Å². The molecule has 0 amide bonds. The number of methoxy groups -OCH3 is 1. The van der Waals surface area contributed by atoms with Gasteiger partial charge in [0.25, 0.3) is 0 Å². The van der Waals surface area contributed by atoms with Crippen molar-refractivity contribution in [1.82, 2.24) is 0 Å². The van der Waals surface area contributed by atoms with Gasteiger partial charge < -0.3 is 9.64 Å². The maximum atomic E-state index is 5.41. The Morgan fingerprint density at radius 1 is 1.50 bits per heavy atom. The van der Waals surface area contributed by atoms with Crippen LogP contribution in [0.3, 0.4) is 0 Å². The van der Waals surface area contributed by atoms with Crippen molar-refractivity contribution in [2.24, 2.45) is 0 Å². The highest BCUT2D eigenvalue weighted by Gasteiger charge is 2.23. The van der Waals surface area contributed by atoms with E-state index in [0.717, 1.165) is 24.8 Å². The zero-order valence-electron chi connectivity index (χ0n) is 9.87. The Morgan fingerprint density at radius 3 is 2.94 bits per heavy atom. The third-order valence-corrected chi connectivity index (χ3v) is 3.80. The normalized spacial score (nSPS) is 20.4. The highest BCUT2D eigenvalue weighted by Crippen LogP contribution is 2.27. The number of aryl methyl sites for hydroxylation is 1. The molecule has 1 atom stereocenters. The van der Waals surface area contributed by atoms with E-state index >= 15 is 0 Å². The van der Waals surface area contributed by atoms with Crippen molar-refractivity contribution in [2.75, 3.05) is 25.1 Å². The first-order valence-corrected chi connectivity index (χ1v) is 6.80. The molecule has 1 saturated heterocycles. The average molecular weight is 284 g/mol. The minimum absolute atomic E-state index is 0.393. The second-order valence-corrected chi connectivity index (χ2v) is 4.92. The van der Waals surface area contributed by atoms with Crippen LogP contribution in [0.1, 0.15) is 17.5 Å². The lowest BCUT2D eigenvalue weighted by molar-refractivity contribution is 0.121. The Balaban J connectivity index is 2.20. The van der Waals surface area contributed by atoms with E-state index in [1.165, 1.54) is 16.8 Å². The van der Waals surface area contributed by atoms with Crippen molar-refractivity contribution in [3.05, 3.63) is 29.3 Å². The van der Waals surface area contributed by atoms with Gasteiger partial charge in [-0.15, -0.1) is 0 Å². The van der Waals surface area contributed by atoms with Gasteiger partial charge in [-0.25, -0.2) is 0 Å². The Bertz CT molecular complexity index is 367. The minimum atomic E-state index is 0.393. The second kappa shape index (κ2) is 5.19. The first-order valence-electron chi connectivity index (χ1n) is 5.68. The van der Waals surface area contributed by atoms with Crippen molar-refractivity contribution in [2.45, 2.75) is 24.8 Å². The maximum Gasteiger partial charge on any atom is 0.0762 e. The van der Waals surface area contributed by atoms with E-state index in [9.17, 15) is 0 Å². The van der Waals surface area contributed by atoms with E-state index in [1.807, 2.05) is 0 Å². The van der Waals surface area contributed by atoms with Gasteiger partial charge in [-0.3, -0.25) is 0 Å². The third-order valence-electron chi connectivity index (χ3n) is 3.20. The summed E-state index contributed by atoms with van der Waals surface area (Å²) in [5, 5.41) is 0.915. The summed E-state index contributed by atoms with van der Waals surface area (Å²) in [4.78, 5) is 2.42. The molecule has 0 N–H and O–H groups in total. The molecule has 1 aromatic rings. The fourth-order valence-corrected chi connectivity index (χ4v) is 2.72. The summed E-state index contributed by atoms with van der Waals surface area (Å²) >= 11 is 3.56. The van der Waals surface area contributed by atoms with Crippen molar-refractivity contribution in [1.29, 1.82) is 0 Å². The number of ether oxygens (including phenoxy) is 1. The molecule has 0 spiro atoms. The number of alkyl halides is 1. The predicted molar refractivity (Wildman–Crippen MR) is 71.4 cm³/mol. The fraction of sp³-hybridized carbons (Fsp3) is 0.538. The molecular formula is C13H18BrNO. The molecule has 2 nitrogen and oxygen atoms in total. The molecule has 2 rings (SSSR count). The minimum Gasteiger partial charge on any atom is -0.380 e. The van der Waals surface area contributed by atoms with Crippen LogP contribution in [0.2, 0.25) is 0 Å². The molecule has 0 bridgehead atoms. The molecular weight excluding hydrogens is 266 g/mol. The molecule has 1 aromatic carbocycles. The van der Waals surface area contributed by atoms with Crippen LogP contribution in [-0.4, -0.2) is 26.3 Å². The van der Waals surface area contributed by atoms with Gasteiger partial charge in [-0.2, -0.15) is 0 Å². The number of anilines is 1. The van der Waals surface area contributed by atoms with E-state index in [-0.39, 0.29) is 0 Å². The molecule has 1 heterocycles. The first kappa shape index (κ1) is 11.9. The lowest BCUT2D eigenvalue weighted by Crippen LogP contribution is -2.23. The first-order chi connectivity index (χ1) is 7.74. The lowest BCUT2D eigenvalue weighted by Gasteiger charge is -2.21. The summed E-state index contributed by atoms with van der Waals surface area (Å²) in [5.41, 5.74) is 4.04. The van der Waals surface area contributed by atoms with Gasteiger partial charge >= 0.3 is 0 Å². The standard InChI is InChI=1S/C13H18BrNO/c1-10-3-4-13(11(7-10)8-14)15-6-5-12(9-15)16-2/h3-4,7,12H,5-6,8-9H2,1-2H3. The monoisotopic (exact) mass is 283 g/mol. The smallest absolute Gasteiger partial charge is 0.0762 e. The van der Waals surface area contributed by atoms with Gasteiger partial charge in [0.05, 0.1) is 6.10 Å². The summed E-state index contributed by atoms with van der Waals surface area (Å²) in [6.07, 6.45) is 1.52. The summed E-state index contributed by atoms with van der Waals surface area (Å²) in [6.45, 7) is 4.25. The van der Waals surface area contributed by atoms with Gasteiger partial charge in [0.15, 0.2) is 0 Å². The maximum absolute atomic E-state index is 5.41. The van der Waals surface area contributed by atoms with Crippen molar-refractivity contribution in [3.8, 4) is 0 Å². The van der Waals surface area contributed by atoms with E-state index in [1.54, 1.807) is 7.11 Å². The van der Waals surface area contributed by atoms with Crippen LogP contribution in [0.4, 0.5) is 5.69 Å². The van der Waals surface area contributed by atoms with Crippen LogP contribution in [0, 0.1) is 6.92 Å². The molecule has 0 saturated carbocycles. The van der Waals surface area contributed by atoms with E-state index in [0.29, 0.717) is 6.10 Å². The van der Waals surface area contributed by atoms with E-state index in [4.69, 9.17) is 4.74 Å². The molecule has 1 aliphatic rings. The van der Waals surface area contributed by atoms with Gasteiger partial charge in [0, 0.05) is 31.2 Å². The average Bonchev–Trinajstić information content (AvgIpc) is 2.77. The molecule has 0 radical (unpaired) electrons. The topological polar surface area (TPSA) is 12.5 Å². The van der Waals surface area contributed by atoms with Crippen LogP contribution >= 0.6 is 15.9 Å². The Morgan fingerprint density at radius 2 is 2.31 bits per heavy atom. The Kier molecular flexibility index (Phi) is 3.87. The molecule has 0 aliphatic carbocycles. The quantitative estimate of drug-likeness (QED) is 0.791. The van der Waals surface area contributed by atoms with Crippen LogP contribution in [0.5, 0.6) is 0 Å². The number of halogens is 1. The number of hydrogen-bond acceptors (Lipinski definition) is 2. The van der Waals surface area contributed by atoms with Crippen LogP contribution < -0.4 is 4.90 Å². The van der Waals surface area contributed by atoms with E-state index in [2.05, 4.69) is 46.0 Å². The predicted octanol–water partition coefficient (Wildman–Crippen LogP) is 3.12. The highest BCUT2D eigenvalue weighted by molar-refractivity contribution is 9.08. The van der Waals surface area contributed by atoms with Crippen molar-refractivity contribution in [3.63, 3.8) is 0 Å². The second-order valence-electron chi connectivity index (χ2n) is 4.36. The molecule has 1 fully saturated rings. The van der Waals surface area contributed by atoms with Gasteiger partial charge in [0.2, 0.25) is 0 Å². The summed E-state index contributed by atoms with van der Waals surface area (Å²) in [6, 6.07) is 6.66. The van der Waals surface area contributed by atoms with E-state index < -0.39 is 0 Å². The zero-order valence-corrected chi connectivity index (χ0v) is 11.5. The highest BCUT2D eigenvalue weighted by atomic mass is 79.9. The van der Waals surface area contributed by atoms with Crippen LogP contribution in [0.15, 0.2) is 18.2 Å². The number of hydrogen-bond donors (Lipinski definition) is 0. The molecule has 0 aromatic heterocycles. The molecule has 1 aliphatic heterocycles. The van der Waals surface area contributed by atoms with Gasteiger partial charge in [0.1, 0.15) is 0 Å². The molecule has 88 valence electrons. The van der Waals surface area contributed by atoms with Crippen molar-refractivity contribution >= 4 is 21.6 Å². The number of benzene rings is 1. The number of nitrogens with zero attached hydrogens (tertiary/aromatic N) is 1. The Hall–Kier alpha value is -0.540. The molecule has 3 heteroatoms. The molecule has 16 heavy (non-hydrogen) atoms. The lowest BCUT2D eigenvalue weighted by atomic mass is 10.1. The Labute approximate surface area is 106 Å².